The van der Waals surface area contributed by atoms with Crippen LogP contribution in [0, 0.1) is 0 Å². The summed E-state index contributed by atoms with van der Waals surface area (Å²) in [4.78, 5) is 0. The Hall–Kier alpha value is -0.850. The molecule has 1 rings (SSSR count). The van der Waals surface area contributed by atoms with Gasteiger partial charge in [0.1, 0.15) is 0 Å². The first kappa shape index (κ1) is 13.2. The normalized spacial score (nSPS) is 11.9. The Labute approximate surface area is 96.8 Å². The van der Waals surface area contributed by atoms with E-state index in [4.69, 9.17) is 0 Å². The minimum atomic E-state index is -4.58. The quantitative estimate of drug-likeness (QED) is 0.827. The highest BCUT2D eigenvalue weighted by Gasteiger charge is 2.33. The summed E-state index contributed by atoms with van der Waals surface area (Å²) >= 11 is 2.89. The molecule has 1 aromatic carbocycles. The molecule has 0 aliphatic carbocycles. The number of nitrogens with one attached hydrogen (secondary N) is 1. The lowest BCUT2D eigenvalue weighted by atomic mass is 10.1. The van der Waals surface area contributed by atoms with Gasteiger partial charge in [-0.1, -0.05) is 15.9 Å². The summed E-state index contributed by atoms with van der Waals surface area (Å²) < 4.78 is 61.5. The zero-order chi connectivity index (χ0) is 12.3. The summed E-state index contributed by atoms with van der Waals surface area (Å²) in [6.45, 7) is -0.815. The van der Waals surface area contributed by atoms with E-state index >= 15 is 0 Å². The molecule has 1 N–H and O–H groups in total. The van der Waals surface area contributed by atoms with Crippen LogP contribution in [0.1, 0.15) is 5.56 Å². The molecule has 0 aromatic heterocycles. The average molecular weight is 304 g/mol. The fraction of sp³-hybridized carbons (Fsp3) is 0.333. The minimum Gasteiger partial charge on any atom is -0.379 e. The highest BCUT2D eigenvalue weighted by atomic mass is 79.9. The van der Waals surface area contributed by atoms with Gasteiger partial charge in [0, 0.05) is 10.2 Å². The molecule has 0 bridgehead atoms. The van der Waals surface area contributed by atoms with Gasteiger partial charge in [0.15, 0.2) is 0 Å². The Morgan fingerprint density at radius 1 is 1.25 bits per heavy atom. The predicted octanol–water partition coefficient (Wildman–Crippen LogP) is 4.14. The first-order valence-corrected chi connectivity index (χ1v) is 4.99. The van der Waals surface area contributed by atoms with Gasteiger partial charge in [0.2, 0.25) is 0 Å². The van der Waals surface area contributed by atoms with E-state index in [1.54, 1.807) is 0 Å². The van der Waals surface area contributed by atoms with Crippen molar-refractivity contribution in [1.29, 1.82) is 0 Å². The van der Waals surface area contributed by atoms with Crippen molar-refractivity contribution in [3.8, 4) is 0 Å². The lowest BCUT2D eigenvalue weighted by molar-refractivity contribution is -0.137. The number of rotatable bonds is 3. The highest BCUT2D eigenvalue weighted by Crippen LogP contribution is 2.36. The Bertz CT molecular complexity index is 363. The van der Waals surface area contributed by atoms with Crippen molar-refractivity contribution < 1.29 is 22.0 Å². The fourth-order valence-corrected chi connectivity index (χ4v) is 1.45. The summed E-state index contributed by atoms with van der Waals surface area (Å²) in [6.07, 6.45) is -7.28. The van der Waals surface area contributed by atoms with Gasteiger partial charge in [0.25, 0.3) is 6.43 Å². The summed E-state index contributed by atoms with van der Waals surface area (Å²) in [5.41, 5.74) is -1.32. The lowest BCUT2D eigenvalue weighted by Crippen LogP contribution is -2.15. The topological polar surface area (TPSA) is 12.0 Å². The van der Waals surface area contributed by atoms with Crippen molar-refractivity contribution in [2.75, 3.05) is 11.9 Å². The van der Waals surface area contributed by atoms with Crippen LogP contribution in [-0.4, -0.2) is 13.0 Å². The van der Waals surface area contributed by atoms with E-state index < -0.39 is 24.7 Å². The van der Waals surface area contributed by atoms with Gasteiger partial charge < -0.3 is 5.32 Å². The van der Waals surface area contributed by atoms with Crippen LogP contribution >= 0.6 is 15.9 Å². The van der Waals surface area contributed by atoms with Gasteiger partial charge in [-0.2, -0.15) is 13.2 Å². The van der Waals surface area contributed by atoms with Gasteiger partial charge in [0.05, 0.1) is 12.1 Å². The van der Waals surface area contributed by atoms with Crippen LogP contribution in [0.3, 0.4) is 0 Å². The van der Waals surface area contributed by atoms with Crippen molar-refractivity contribution in [3.63, 3.8) is 0 Å². The largest absolute Gasteiger partial charge is 0.418 e. The SMILES string of the molecule is FC(F)CNc1ccc(Br)cc1C(F)(F)F. The van der Waals surface area contributed by atoms with Gasteiger partial charge in [-0.25, -0.2) is 8.78 Å². The molecule has 90 valence electrons. The zero-order valence-corrected chi connectivity index (χ0v) is 9.37. The van der Waals surface area contributed by atoms with Gasteiger partial charge in [-0.15, -0.1) is 0 Å². The van der Waals surface area contributed by atoms with E-state index in [-0.39, 0.29) is 10.2 Å². The van der Waals surface area contributed by atoms with E-state index in [0.717, 1.165) is 12.1 Å². The molecule has 0 fully saturated rings. The molecule has 0 atom stereocenters. The molecule has 7 heteroatoms. The number of hydrogen-bond acceptors (Lipinski definition) is 1. The van der Waals surface area contributed by atoms with Crippen LogP contribution in [0.4, 0.5) is 27.6 Å². The summed E-state index contributed by atoms with van der Waals surface area (Å²) in [5, 5.41) is 2.06. The van der Waals surface area contributed by atoms with Crippen molar-refractivity contribution >= 4 is 21.6 Å². The van der Waals surface area contributed by atoms with Crippen LogP contribution in [-0.2, 0) is 6.18 Å². The molecular weight excluding hydrogens is 297 g/mol. The van der Waals surface area contributed by atoms with E-state index in [2.05, 4.69) is 21.2 Å². The van der Waals surface area contributed by atoms with Crippen LogP contribution in [0.15, 0.2) is 22.7 Å². The number of benzene rings is 1. The van der Waals surface area contributed by atoms with E-state index in [1.165, 1.54) is 6.07 Å². The maximum Gasteiger partial charge on any atom is 0.418 e. The Kier molecular flexibility index (Phi) is 4.12. The van der Waals surface area contributed by atoms with Crippen molar-refractivity contribution in [2.24, 2.45) is 0 Å². The Morgan fingerprint density at radius 2 is 1.88 bits per heavy atom. The first-order chi connectivity index (χ1) is 7.30. The van der Waals surface area contributed by atoms with E-state index in [9.17, 15) is 22.0 Å². The summed E-state index contributed by atoms with van der Waals surface area (Å²) in [6, 6.07) is 3.30. The number of hydrogen-bond donors (Lipinski definition) is 1. The number of halogens is 6. The molecule has 0 spiro atoms. The Morgan fingerprint density at radius 3 is 2.38 bits per heavy atom. The second-order valence-electron chi connectivity index (χ2n) is 2.96. The molecular formula is C9H7BrF5N. The zero-order valence-electron chi connectivity index (χ0n) is 7.78. The predicted molar refractivity (Wildman–Crippen MR) is 53.6 cm³/mol. The molecule has 0 heterocycles. The van der Waals surface area contributed by atoms with Crippen molar-refractivity contribution in [1.82, 2.24) is 0 Å². The first-order valence-electron chi connectivity index (χ1n) is 4.19. The molecule has 0 amide bonds. The van der Waals surface area contributed by atoms with Gasteiger partial charge in [-0.05, 0) is 18.2 Å². The fourth-order valence-electron chi connectivity index (χ4n) is 1.09. The molecule has 0 unspecified atom stereocenters. The van der Waals surface area contributed by atoms with E-state index in [0.29, 0.717) is 0 Å². The molecule has 0 aliphatic heterocycles. The Balaban J connectivity index is 2.99. The molecule has 16 heavy (non-hydrogen) atoms. The molecule has 1 aromatic rings. The lowest BCUT2D eigenvalue weighted by Gasteiger charge is -2.14. The summed E-state index contributed by atoms with van der Waals surface area (Å²) in [7, 11) is 0. The van der Waals surface area contributed by atoms with Crippen LogP contribution < -0.4 is 5.32 Å². The summed E-state index contributed by atoms with van der Waals surface area (Å²) in [5.74, 6) is 0. The van der Waals surface area contributed by atoms with E-state index in [1.807, 2.05) is 0 Å². The molecule has 0 aliphatic rings. The average Bonchev–Trinajstić information content (AvgIpc) is 2.14. The third-order valence-electron chi connectivity index (χ3n) is 1.73. The maximum absolute atomic E-state index is 12.5. The molecule has 0 saturated carbocycles. The molecule has 0 radical (unpaired) electrons. The maximum atomic E-state index is 12.5. The second kappa shape index (κ2) is 4.99. The molecule has 1 nitrogen and oxygen atoms in total. The van der Waals surface area contributed by atoms with Crippen molar-refractivity contribution in [2.45, 2.75) is 12.6 Å². The third-order valence-corrected chi connectivity index (χ3v) is 2.23. The monoisotopic (exact) mass is 303 g/mol. The number of alkyl halides is 5. The number of anilines is 1. The smallest absolute Gasteiger partial charge is 0.379 e. The highest BCUT2D eigenvalue weighted by molar-refractivity contribution is 9.10. The minimum absolute atomic E-state index is 0.238. The molecule has 0 saturated heterocycles. The van der Waals surface area contributed by atoms with Crippen LogP contribution in [0.2, 0.25) is 0 Å². The van der Waals surface area contributed by atoms with Crippen molar-refractivity contribution in [3.05, 3.63) is 28.2 Å². The van der Waals surface area contributed by atoms with Crippen LogP contribution in [0.25, 0.3) is 0 Å². The third kappa shape index (κ3) is 3.62. The van der Waals surface area contributed by atoms with Crippen LogP contribution in [0.5, 0.6) is 0 Å². The van der Waals surface area contributed by atoms with Gasteiger partial charge in [-0.3, -0.25) is 0 Å². The second-order valence-corrected chi connectivity index (χ2v) is 3.88. The van der Waals surface area contributed by atoms with Gasteiger partial charge >= 0.3 is 6.18 Å². The standard InChI is InChI=1S/C9H7BrF5N/c10-5-1-2-7(16-4-8(11)12)6(3-5)9(13,14)15/h1-3,8,16H,4H2.